The van der Waals surface area contributed by atoms with Gasteiger partial charge in [0.15, 0.2) is 0 Å². The molecule has 0 unspecified atom stereocenters. The first-order valence-electron chi connectivity index (χ1n) is 9.70. The standard InChI is InChI=1S/C23H23N5O4/c1-25-22(30)20-14-19(11-12-26-20)32-18-9-5-16(6-10-18)27-23(24)28-21(29)13-15-3-7-17(31-2)8-4-15/h3-12,14H,13H2,1-2H3,(H,25,30)(H3,24,27,28,29). The highest BCUT2D eigenvalue weighted by Crippen LogP contribution is 2.24. The molecule has 9 heteroatoms. The van der Waals surface area contributed by atoms with Crippen LogP contribution in [0, 0.1) is 0 Å². The number of guanidine groups is 1. The number of methoxy groups -OCH3 is 1. The van der Waals surface area contributed by atoms with Gasteiger partial charge in [-0.15, -0.1) is 0 Å². The summed E-state index contributed by atoms with van der Waals surface area (Å²) in [7, 11) is 3.11. The summed E-state index contributed by atoms with van der Waals surface area (Å²) in [5, 5.41) is 5.07. The molecule has 164 valence electrons. The number of carbonyl (C=O) groups excluding carboxylic acids is 2. The number of nitrogens with one attached hydrogen (secondary N) is 2. The Labute approximate surface area is 185 Å². The molecule has 2 aromatic carbocycles. The van der Waals surface area contributed by atoms with E-state index in [2.05, 4.69) is 20.6 Å². The fraction of sp³-hybridized carbons (Fsp3) is 0.130. The van der Waals surface area contributed by atoms with Crippen LogP contribution in [0.5, 0.6) is 17.2 Å². The van der Waals surface area contributed by atoms with Gasteiger partial charge in [0.2, 0.25) is 11.9 Å². The van der Waals surface area contributed by atoms with Crippen molar-refractivity contribution in [3.05, 3.63) is 78.1 Å². The van der Waals surface area contributed by atoms with Gasteiger partial charge in [0.1, 0.15) is 22.9 Å². The van der Waals surface area contributed by atoms with E-state index in [4.69, 9.17) is 15.2 Å². The van der Waals surface area contributed by atoms with Crippen LogP contribution in [0.4, 0.5) is 5.69 Å². The molecule has 0 saturated carbocycles. The SMILES string of the molecule is CNC(=O)c1cc(Oc2ccc(N=C(N)NC(=O)Cc3ccc(OC)cc3)cc2)ccn1. The molecule has 1 aromatic heterocycles. The van der Waals surface area contributed by atoms with E-state index in [1.807, 2.05) is 12.1 Å². The fourth-order valence-corrected chi connectivity index (χ4v) is 2.73. The van der Waals surface area contributed by atoms with Gasteiger partial charge in [0, 0.05) is 19.3 Å². The topological polar surface area (TPSA) is 128 Å². The lowest BCUT2D eigenvalue weighted by Gasteiger charge is -2.08. The summed E-state index contributed by atoms with van der Waals surface area (Å²) in [5.74, 6) is 1.14. The second-order valence-corrected chi connectivity index (χ2v) is 6.62. The normalized spacial score (nSPS) is 10.9. The van der Waals surface area contributed by atoms with Crippen LogP contribution in [0.1, 0.15) is 16.1 Å². The van der Waals surface area contributed by atoms with Gasteiger partial charge in [0.05, 0.1) is 19.2 Å². The maximum Gasteiger partial charge on any atom is 0.269 e. The molecule has 32 heavy (non-hydrogen) atoms. The smallest absolute Gasteiger partial charge is 0.269 e. The average Bonchev–Trinajstić information content (AvgIpc) is 2.80. The number of nitrogens with two attached hydrogens (primary N) is 1. The monoisotopic (exact) mass is 433 g/mol. The number of amides is 2. The van der Waals surface area contributed by atoms with Gasteiger partial charge in [-0.25, -0.2) is 4.99 Å². The number of hydrogen-bond donors (Lipinski definition) is 3. The van der Waals surface area contributed by atoms with E-state index in [-0.39, 0.29) is 29.9 Å². The Morgan fingerprint density at radius 2 is 1.69 bits per heavy atom. The lowest BCUT2D eigenvalue weighted by molar-refractivity contribution is -0.119. The van der Waals surface area contributed by atoms with Crippen molar-refractivity contribution < 1.29 is 19.1 Å². The second kappa shape index (κ2) is 10.6. The van der Waals surface area contributed by atoms with E-state index in [1.54, 1.807) is 55.6 Å². The minimum atomic E-state index is -0.301. The third kappa shape index (κ3) is 6.30. The summed E-state index contributed by atoms with van der Waals surface area (Å²) >= 11 is 0. The Kier molecular flexibility index (Phi) is 7.37. The van der Waals surface area contributed by atoms with Gasteiger partial charge < -0.3 is 20.5 Å². The average molecular weight is 433 g/mol. The minimum absolute atomic E-state index is 0.0125. The van der Waals surface area contributed by atoms with E-state index < -0.39 is 0 Å². The van der Waals surface area contributed by atoms with Crippen LogP contribution in [0.25, 0.3) is 0 Å². The maximum absolute atomic E-state index is 12.2. The third-order valence-corrected chi connectivity index (χ3v) is 4.30. The zero-order valence-electron chi connectivity index (χ0n) is 17.7. The van der Waals surface area contributed by atoms with Gasteiger partial charge in [-0.2, -0.15) is 0 Å². The van der Waals surface area contributed by atoms with Crippen LogP contribution in [-0.2, 0) is 11.2 Å². The maximum atomic E-state index is 12.2. The predicted molar refractivity (Wildman–Crippen MR) is 120 cm³/mol. The first kappa shape index (κ1) is 22.3. The largest absolute Gasteiger partial charge is 0.497 e. The molecule has 0 bridgehead atoms. The molecule has 0 aliphatic rings. The van der Waals surface area contributed by atoms with Gasteiger partial charge in [-0.3, -0.25) is 19.9 Å². The van der Waals surface area contributed by atoms with E-state index in [9.17, 15) is 9.59 Å². The molecule has 0 fully saturated rings. The molecule has 0 aliphatic heterocycles. The highest BCUT2D eigenvalue weighted by atomic mass is 16.5. The highest BCUT2D eigenvalue weighted by molar-refractivity contribution is 5.98. The Morgan fingerprint density at radius 1 is 1.00 bits per heavy atom. The number of benzene rings is 2. The number of pyridine rings is 1. The van der Waals surface area contributed by atoms with Gasteiger partial charge in [0.25, 0.3) is 5.91 Å². The van der Waals surface area contributed by atoms with Gasteiger partial charge in [-0.1, -0.05) is 12.1 Å². The van der Waals surface area contributed by atoms with Crippen molar-refractivity contribution in [2.75, 3.05) is 14.2 Å². The van der Waals surface area contributed by atoms with E-state index >= 15 is 0 Å². The van der Waals surface area contributed by atoms with Crippen LogP contribution in [0.3, 0.4) is 0 Å². The fourth-order valence-electron chi connectivity index (χ4n) is 2.73. The van der Waals surface area contributed by atoms with E-state index in [0.717, 1.165) is 11.3 Å². The van der Waals surface area contributed by atoms with Crippen molar-refractivity contribution in [3.8, 4) is 17.2 Å². The predicted octanol–water partition coefficient (Wildman–Crippen LogP) is 2.55. The van der Waals surface area contributed by atoms with Crippen molar-refractivity contribution in [1.82, 2.24) is 15.6 Å². The molecule has 1 heterocycles. The van der Waals surface area contributed by atoms with Crippen molar-refractivity contribution in [2.24, 2.45) is 10.7 Å². The minimum Gasteiger partial charge on any atom is -0.497 e. The zero-order valence-corrected chi connectivity index (χ0v) is 17.7. The Bertz CT molecular complexity index is 1110. The number of aliphatic imine (C=N–C) groups is 1. The van der Waals surface area contributed by atoms with Crippen molar-refractivity contribution in [1.29, 1.82) is 0 Å². The van der Waals surface area contributed by atoms with Gasteiger partial charge >= 0.3 is 0 Å². The zero-order chi connectivity index (χ0) is 22.9. The van der Waals surface area contributed by atoms with Crippen molar-refractivity contribution >= 4 is 23.5 Å². The van der Waals surface area contributed by atoms with E-state index in [1.165, 1.54) is 13.2 Å². The highest BCUT2D eigenvalue weighted by Gasteiger charge is 2.08. The van der Waals surface area contributed by atoms with Gasteiger partial charge in [-0.05, 0) is 48.0 Å². The number of hydrogen-bond acceptors (Lipinski definition) is 6. The summed E-state index contributed by atoms with van der Waals surface area (Å²) in [6.45, 7) is 0. The molecule has 3 aromatic rings. The molecule has 0 radical (unpaired) electrons. The molecular weight excluding hydrogens is 410 g/mol. The number of carbonyl (C=O) groups is 2. The molecule has 0 saturated heterocycles. The summed E-state index contributed by atoms with van der Waals surface area (Å²) in [6.07, 6.45) is 1.66. The van der Waals surface area contributed by atoms with Crippen molar-refractivity contribution in [3.63, 3.8) is 0 Å². The molecule has 0 aliphatic carbocycles. The summed E-state index contributed by atoms with van der Waals surface area (Å²) in [5.41, 5.74) is 7.47. The molecule has 4 N–H and O–H groups in total. The van der Waals surface area contributed by atoms with Crippen LogP contribution < -0.4 is 25.8 Å². The molecule has 9 nitrogen and oxygen atoms in total. The summed E-state index contributed by atoms with van der Waals surface area (Å²) < 4.78 is 10.8. The van der Waals surface area contributed by atoms with Crippen LogP contribution in [0.2, 0.25) is 0 Å². The van der Waals surface area contributed by atoms with Crippen LogP contribution in [-0.4, -0.2) is 36.9 Å². The number of aromatic nitrogens is 1. The summed E-state index contributed by atoms with van der Waals surface area (Å²) in [6, 6.07) is 17.2. The lowest BCUT2D eigenvalue weighted by atomic mass is 10.1. The molecule has 3 rings (SSSR count). The van der Waals surface area contributed by atoms with Crippen LogP contribution in [0.15, 0.2) is 71.9 Å². The number of nitrogens with zero attached hydrogens (tertiary/aromatic N) is 2. The first-order chi connectivity index (χ1) is 15.5. The summed E-state index contributed by atoms with van der Waals surface area (Å²) in [4.78, 5) is 32.0. The Morgan fingerprint density at radius 3 is 2.34 bits per heavy atom. The number of ether oxygens (including phenoxy) is 2. The second-order valence-electron chi connectivity index (χ2n) is 6.62. The number of rotatable bonds is 7. The molecule has 2 amide bonds. The van der Waals surface area contributed by atoms with Crippen molar-refractivity contribution in [2.45, 2.75) is 6.42 Å². The molecule has 0 atom stereocenters. The molecular formula is C23H23N5O4. The molecule has 0 spiro atoms. The van der Waals surface area contributed by atoms with Crippen LogP contribution >= 0.6 is 0 Å². The Balaban J connectivity index is 1.57. The Hall–Kier alpha value is -4.40. The third-order valence-electron chi connectivity index (χ3n) is 4.30. The quantitative estimate of drug-likeness (QED) is 0.388. The first-order valence-corrected chi connectivity index (χ1v) is 9.70. The van der Waals surface area contributed by atoms with E-state index in [0.29, 0.717) is 17.2 Å². The lowest BCUT2D eigenvalue weighted by Crippen LogP contribution is -2.37.